The second-order valence-corrected chi connectivity index (χ2v) is 5.03. The Morgan fingerprint density at radius 2 is 2.20 bits per heavy atom. The lowest BCUT2D eigenvalue weighted by atomic mass is 10.0. The lowest BCUT2D eigenvalue weighted by molar-refractivity contribution is -0.122. The van der Waals surface area contributed by atoms with Crippen molar-refractivity contribution in [2.75, 3.05) is 19.9 Å². The molecule has 1 unspecified atom stereocenters. The van der Waals surface area contributed by atoms with Crippen molar-refractivity contribution in [1.29, 1.82) is 0 Å². The molecule has 1 aromatic rings. The average Bonchev–Trinajstić information content (AvgIpc) is 3.06. The van der Waals surface area contributed by atoms with Crippen LogP contribution in [0.5, 0.6) is 11.5 Å². The number of rotatable bonds is 4. The fraction of sp³-hybridized carbons (Fsp3) is 0.500. The van der Waals surface area contributed by atoms with Gasteiger partial charge in [-0.2, -0.15) is 0 Å². The van der Waals surface area contributed by atoms with E-state index in [0.717, 1.165) is 36.6 Å². The van der Waals surface area contributed by atoms with Crippen LogP contribution in [0.1, 0.15) is 18.4 Å². The fourth-order valence-electron chi connectivity index (χ4n) is 2.47. The molecule has 0 spiro atoms. The SMILES string of the molecule is Cl.O=C(CC1CCNC1)NCc1ccc2c(c1)OCO2. The largest absolute Gasteiger partial charge is 0.454 e. The summed E-state index contributed by atoms with van der Waals surface area (Å²) in [5.74, 6) is 2.13. The molecule has 0 saturated carbocycles. The van der Waals surface area contributed by atoms with Gasteiger partial charge in [-0.05, 0) is 43.1 Å². The van der Waals surface area contributed by atoms with Crippen molar-refractivity contribution in [3.8, 4) is 11.5 Å². The number of hydrogen-bond donors (Lipinski definition) is 2. The van der Waals surface area contributed by atoms with E-state index in [1.807, 2.05) is 18.2 Å². The van der Waals surface area contributed by atoms with E-state index in [4.69, 9.17) is 9.47 Å². The Balaban J connectivity index is 0.00000147. The van der Waals surface area contributed by atoms with E-state index in [1.165, 1.54) is 0 Å². The van der Waals surface area contributed by atoms with Gasteiger partial charge < -0.3 is 20.1 Å². The zero-order valence-electron chi connectivity index (χ0n) is 11.2. The molecule has 0 aromatic heterocycles. The Hall–Kier alpha value is -1.46. The van der Waals surface area contributed by atoms with Crippen molar-refractivity contribution in [3.05, 3.63) is 23.8 Å². The van der Waals surface area contributed by atoms with Crippen LogP contribution >= 0.6 is 12.4 Å². The zero-order chi connectivity index (χ0) is 13.1. The van der Waals surface area contributed by atoms with Crippen LogP contribution in [0.2, 0.25) is 0 Å². The van der Waals surface area contributed by atoms with Crippen LogP contribution in [0.3, 0.4) is 0 Å². The summed E-state index contributed by atoms with van der Waals surface area (Å²) in [6.45, 7) is 2.80. The molecule has 0 radical (unpaired) electrons. The van der Waals surface area contributed by atoms with E-state index < -0.39 is 0 Å². The predicted molar refractivity (Wildman–Crippen MR) is 77.3 cm³/mol. The second-order valence-electron chi connectivity index (χ2n) is 5.03. The number of benzene rings is 1. The molecule has 1 atom stereocenters. The minimum Gasteiger partial charge on any atom is -0.454 e. The number of amides is 1. The maximum absolute atomic E-state index is 11.8. The van der Waals surface area contributed by atoms with Gasteiger partial charge in [0, 0.05) is 13.0 Å². The average molecular weight is 299 g/mol. The van der Waals surface area contributed by atoms with Crippen molar-refractivity contribution in [1.82, 2.24) is 10.6 Å². The Morgan fingerprint density at radius 1 is 1.35 bits per heavy atom. The first kappa shape index (κ1) is 14.9. The molecule has 0 bridgehead atoms. The summed E-state index contributed by atoms with van der Waals surface area (Å²) in [7, 11) is 0. The Kier molecular flexibility index (Phi) is 5.09. The van der Waals surface area contributed by atoms with Crippen LogP contribution in [0.15, 0.2) is 18.2 Å². The summed E-state index contributed by atoms with van der Waals surface area (Å²) >= 11 is 0. The highest BCUT2D eigenvalue weighted by Gasteiger charge is 2.18. The number of carbonyl (C=O) groups is 1. The van der Waals surface area contributed by atoms with Gasteiger partial charge in [-0.15, -0.1) is 12.4 Å². The highest BCUT2D eigenvalue weighted by atomic mass is 35.5. The highest BCUT2D eigenvalue weighted by Crippen LogP contribution is 2.32. The highest BCUT2D eigenvalue weighted by molar-refractivity contribution is 5.85. The van der Waals surface area contributed by atoms with Crippen LogP contribution in [0, 0.1) is 5.92 Å². The summed E-state index contributed by atoms with van der Waals surface area (Å²) in [6, 6.07) is 5.75. The third-order valence-electron chi connectivity index (χ3n) is 3.56. The molecule has 2 heterocycles. The van der Waals surface area contributed by atoms with Gasteiger partial charge in [-0.25, -0.2) is 0 Å². The van der Waals surface area contributed by atoms with Gasteiger partial charge in [-0.3, -0.25) is 4.79 Å². The van der Waals surface area contributed by atoms with E-state index in [-0.39, 0.29) is 25.1 Å². The predicted octanol–water partition coefficient (Wildman–Crippen LogP) is 1.45. The van der Waals surface area contributed by atoms with Crippen LogP contribution in [0.25, 0.3) is 0 Å². The Morgan fingerprint density at radius 3 is 3.00 bits per heavy atom. The minimum absolute atomic E-state index is 0. The minimum atomic E-state index is 0. The molecule has 2 aliphatic rings. The molecule has 5 nitrogen and oxygen atoms in total. The lowest BCUT2D eigenvalue weighted by Gasteiger charge is -2.09. The van der Waals surface area contributed by atoms with Crippen molar-refractivity contribution in [2.45, 2.75) is 19.4 Å². The molecule has 110 valence electrons. The molecule has 0 aliphatic carbocycles. The van der Waals surface area contributed by atoms with Crippen LogP contribution in [0.4, 0.5) is 0 Å². The van der Waals surface area contributed by atoms with E-state index in [2.05, 4.69) is 10.6 Å². The lowest BCUT2D eigenvalue weighted by Crippen LogP contribution is -2.25. The number of halogens is 1. The summed E-state index contributed by atoms with van der Waals surface area (Å²) in [5, 5.41) is 6.22. The maximum atomic E-state index is 11.8. The zero-order valence-corrected chi connectivity index (χ0v) is 12.0. The molecular formula is C14H19ClN2O3. The Bertz CT molecular complexity index is 475. The van der Waals surface area contributed by atoms with E-state index in [0.29, 0.717) is 18.9 Å². The number of ether oxygens (including phenoxy) is 2. The monoisotopic (exact) mass is 298 g/mol. The van der Waals surface area contributed by atoms with Gasteiger partial charge in [0.25, 0.3) is 0 Å². The second kappa shape index (κ2) is 6.81. The number of nitrogens with one attached hydrogen (secondary N) is 2. The summed E-state index contributed by atoms with van der Waals surface area (Å²) in [5.41, 5.74) is 1.03. The summed E-state index contributed by atoms with van der Waals surface area (Å²) < 4.78 is 10.6. The van der Waals surface area contributed by atoms with Crippen molar-refractivity contribution < 1.29 is 14.3 Å². The van der Waals surface area contributed by atoms with Crippen molar-refractivity contribution >= 4 is 18.3 Å². The van der Waals surface area contributed by atoms with Gasteiger partial charge in [0.05, 0.1) is 0 Å². The third-order valence-corrected chi connectivity index (χ3v) is 3.56. The summed E-state index contributed by atoms with van der Waals surface area (Å²) in [6.07, 6.45) is 1.70. The van der Waals surface area contributed by atoms with E-state index >= 15 is 0 Å². The first-order valence-electron chi connectivity index (χ1n) is 6.67. The molecule has 1 fully saturated rings. The summed E-state index contributed by atoms with van der Waals surface area (Å²) in [4.78, 5) is 11.8. The van der Waals surface area contributed by atoms with E-state index in [9.17, 15) is 4.79 Å². The molecule has 20 heavy (non-hydrogen) atoms. The molecule has 2 N–H and O–H groups in total. The van der Waals surface area contributed by atoms with Crippen LogP contribution < -0.4 is 20.1 Å². The van der Waals surface area contributed by atoms with E-state index in [1.54, 1.807) is 0 Å². The van der Waals surface area contributed by atoms with Gasteiger partial charge in [0.15, 0.2) is 11.5 Å². The van der Waals surface area contributed by atoms with Crippen LogP contribution in [-0.4, -0.2) is 25.8 Å². The first-order chi connectivity index (χ1) is 9.31. The number of hydrogen-bond acceptors (Lipinski definition) is 4. The number of carbonyl (C=O) groups excluding carboxylic acids is 1. The third kappa shape index (κ3) is 3.55. The number of fused-ring (bicyclic) bond motifs is 1. The van der Waals surface area contributed by atoms with Gasteiger partial charge in [0.2, 0.25) is 12.7 Å². The maximum Gasteiger partial charge on any atom is 0.231 e. The first-order valence-corrected chi connectivity index (χ1v) is 6.67. The molecule has 3 rings (SSSR count). The smallest absolute Gasteiger partial charge is 0.231 e. The van der Waals surface area contributed by atoms with Gasteiger partial charge >= 0.3 is 0 Å². The molecular weight excluding hydrogens is 280 g/mol. The molecule has 1 aromatic carbocycles. The Labute approximate surface area is 124 Å². The normalized spacial score (nSPS) is 19.5. The van der Waals surface area contributed by atoms with Crippen molar-refractivity contribution in [3.63, 3.8) is 0 Å². The van der Waals surface area contributed by atoms with Gasteiger partial charge in [0.1, 0.15) is 0 Å². The van der Waals surface area contributed by atoms with Crippen molar-refractivity contribution in [2.24, 2.45) is 5.92 Å². The molecule has 2 aliphatic heterocycles. The molecule has 1 amide bonds. The fourth-order valence-corrected chi connectivity index (χ4v) is 2.47. The van der Waals surface area contributed by atoms with Gasteiger partial charge in [-0.1, -0.05) is 6.07 Å². The quantitative estimate of drug-likeness (QED) is 0.883. The standard InChI is InChI=1S/C14H18N2O3.ClH/c17-14(6-11-3-4-15-7-11)16-8-10-1-2-12-13(5-10)19-9-18-12;/h1-2,5,11,15H,3-4,6-9H2,(H,16,17);1H. The molecule has 6 heteroatoms. The molecule has 1 saturated heterocycles. The topological polar surface area (TPSA) is 59.6 Å². The van der Waals surface area contributed by atoms with Crippen LogP contribution in [-0.2, 0) is 11.3 Å².